The van der Waals surface area contributed by atoms with Crippen LogP contribution in [0, 0.1) is 5.92 Å². The minimum absolute atomic E-state index is 0.704. The van der Waals surface area contributed by atoms with Crippen molar-refractivity contribution in [1.82, 2.24) is 15.5 Å². The van der Waals surface area contributed by atoms with E-state index in [1.165, 1.54) is 45.3 Å². The van der Waals surface area contributed by atoms with Crippen LogP contribution in [-0.2, 0) is 6.54 Å². The first-order valence-corrected chi connectivity index (χ1v) is 9.51. The maximum absolute atomic E-state index is 5.38. The van der Waals surface area contributed by atoms with Crippen molar-refractivity contribution in [2.75, 3.05) is 40.3 Å². The van der Waals surface area contributed by atoms with E-state index < -0.39 is 0 Å². The number of nitrogens with one attached hydrogen (secondary N) is 2. The van der Waals surface area contributed by atoms with E-state index in [9.17, 15) is 0 Å². The molecular weight excluding hydrogens is 312 g/mol. The fourth-order valence-corrected chi connectivity index (χ4v) is 3.20. The van der Waals surface area contributed by atoms with Crippen molar-refractivity contribution in [3.8, 4) is 5.75 Å². The van der Waals surface area contributed by atoms with Gasteiger partial charge in [0, 0.05) is 25.7 Å². The first kappa shape index (κ1) is 19.6. The molecule has 1 aliphatic rings. The lowest BCUT2D eigenvalue weighted by molar-refractivity contribution is 0.189. The third-order valence-corrected chi connectivity index (χ3v) is 4.93. The number of ether oxygens (including phenoxy) is 1. The number of piperidine rings is 1. The maximum Gasteiger partial charge on any atom is 0.191 e. The van der Waals surface area contributed by atoms with Gasteiger partial charge in [0.15, 0.2) is 5.96 Å². The van der Waals surface area contributed by atoms with Gasteiger partial charge in [-0.1, -0.05) is 25.1 Å². The minimum Gasteiger partial charge on any atom is -0.496 e. The number of hydrogen-bond acceptors (Lipinski definition) is 3. The Bertz CT molecular complexity index is 524. The average molecular weight is 347 g/mol. The Balaban J connectivity index is 1.60. The summed E-state index contributed by atoms with van der Waals surface area (Å²) in [7, 11) is 3.52. The summed E-state index contributed by atoms with van der Waals surface area (Å²) in [4.78, 5) is 6.90. The van der Waals surface area contributed by atoms with Crippen LogP contribution in [0.3, 0.4) is 0 Å². The quantitative estimate of drug-likeness (QED) is 0.432. The van der Waals surface area contributed by atoms with Crippen molar-refractivity contribution in [3.05, 3.63) is 29.8 Å². The van der Waals surface area contributed by atoms with Crippen LogP contribution in [0.4, 0.5) is 0 Å². The van der Waals surface area contributed by atoms with Crippen molar-refractivity contribution >= 4 is 5.96 Å². The molecule has 1 aromatic rings. The lowest BCUT2D eigenvalue weighted by Crippen LogP contribution is -2.38. The van der Waals surface area contributed by atoms with Gasteiger partial charge >= 0.3 is 0 Å². The number of nitrogens with zero attached hydrogens (tertiary/aromatic N) is 2. The van der Waals surface area contributed by atoms with Gasteiger partial charge in [0.2, 0.25) is 0 Å². The SMILES string of the molecule is CN=C(NCCCCN1CCC(C)CC1)NCc1ccccc1OC. The number of aliphatic imine (C=N–C) groups is 1. The van der Waals surface area contributed by atoms with E-state index in [4.69, 9.17) is 4.74 Å². The van der Waals surface area contributed by atoms with Gasteiger partial charge in [-0.25, -0.2) is 0 Å². The number of likely N-dealkylation sites (tertiary alicyclic amines) is 1. The molecule has 5 heteroatoms. The van der Waals surface area contributed by atoms with Crippen molar-refractivity contribution in [2.45, 2.75) is 39.2 Å². The number of benzene rings is 1. The molecule has 1 fully saturated rings. The zero-order valence-electron chi connectivity index (χ0n) is 16.1. The molecule has 5 nitrogen and oxygen atoms in total. The van der Waals surface area contributed by atoms with Gasteiger partial charge < -0.3 is 20.3 Å². The van der Waals surface area contributed by atoms with Gasteiger partial charge in [0.25, 0.3) is 0 Å². The lowest BCUT2D eigenvalue weighted by atomic mass is 9.99. The fourth-order valence-electron chi connectivity index (χ4n) is 3.20. The van der Waals surface area contributed by atoms with Gasteiger partial charge in [0.1, 0.15) is 5.75 Å². The highest BCUT2D eigenvalue weighted by Gasteiger charge is 2.14. The van der Waals surface area contributed by atoms with Crippen LogP contribution >= 0.6 is 0 Å². The third-order valence-electron chi connectivity index (χ3n) is 4.93. The molecule has 0 spiro atoms. The second-order valence-electron chi connectivity index (χ2n) is 6.90. The molecule has 0 saturated carbocycles. The van der Waals surface area contributed by atoms with Crippen LogP contribution in [0.2, 0.25) is 0 Å². The van der Waals surface area contributed by atoms with Crippen molar-refractivity contribution < 1.29 is 4.74 Å². The highest BCUT2D eigenvalue weighted by atomic mass is 16.5. The van der Waals surface area contributed by atoms with Gasteiger partial charge in [-0.3, -0.25) is 4.99 Å². The Morgan fingerprint density at radius 2 is 1.96 bits per heavy atom. The summed E-state index contributed by atoms with van der Waals surface area (Å²) in [5, 5.41) is 6.76. The molecule has 0 bridgehead atoms. The highest BCUT2D eigenvalue weighted by molar-refractivity contribution is 5.79. The van der Waals surface area contributed by atoms with Gasteiger partial charge in [-0.15, -0.1) is 0 Å². The minimum atomic E-state index is 0.704. The van der Waals surface area contributed by atoms with E-state index in [0.29, 0.717) is 6.54 Å². The number of para-hydroxylation sites is 1. The second kappa shape index (κ2) is 11.0. The van der Waals surface area contributed by atoms with E-state index >= 15 is 0 Å². The summed E-state index contributed by atoms with van der Waals surface area (Å²) in [6.07, 6.45) is 5.13. The molecule has 0 atom stereocenters. The molecule has 25 heavy (non-hydrogen) atoms. The Hall–Kier alpha value is -1.75. The van der Waals surface area contributed by atoms with Crippen LogP contribution < -0.4 is 15.4 Å². The number of methoxy groups -OCH3 is 1. The molecule has 1 aliphatic heterocycles. The van der Waals surface area contributed by atoms with Crippen LogP contribution in [-0.4, -0.2) is 51.2 Å². The Labute approximate surface area is 152 Å². The number of unbranched alkanes of at least 4 members (excludes halogenated alkanes) is 1. The number of hydrogen-bond donors (Lipinski definition) is 2. The number of rotatable bonds is 8. The molecule has 0 amide bonds. The molecule has 0 aromatic heterocycles. The maximum atomic E-state index is 5.38. The predicted octanol–water partition coefficient (Wildman–Crippen LogP) is 2.87. The summed E-state index contributed by atoms with van der Waals surface area (Å²) >= 11 is 0. The van der Waals surface area contributed by atoms with Crippen molar-refractivity contribution in [1.29, 1.82) is 0 Å². The zero-order chi connectivity index (χ0) is 17.9. The van der Waals surface area contributed by atoms with E-state index in [-0.39, 0.29) is 0 Å². The summed E-state index contributed by atoms with van der Waals surface area (Å²) in [5.74, 6) is 2.66. The molecule has 140 valence electrons. The first-order valence-electron chi connectivity index (χ1n) is 9.51. The average Bonchev–Trinajstić information content (AvgIpc) is 2.65. The molecule has 0 unspecified atom stereocenters. The van der Waals surface area contributed by atoms with E-state index in [2.05, 4.69) is 33.5 Å². The molecular formula is C20H34N4O. The van der Waals surface area contributed by atoms with Crippen LogP contribution in [0.1, 0.15) is 38.2 Å². The molecule has 2 N–H and O–H groups in total. The largest absolute Gasteiger partial charge is 0.496 e. The molecule has 2 rings (SSSR count). The van der Waals surface area contributed by atoms with Crippen LogP contribution in [0.25, 0.3) is 0 Å². The summed E-state index contributed by atoms with van der Waals surface area (Å²) in [6.45, 7) is 7.80. The fraction of sp³-hybridized carbons (Fsp3) is 0.650. The van der Waals surface area contributed by atoms with E-state index in [1.54, 1.807) is 7.11 Å². The molecule has 0 radical (unpaired) electrons. The Morgan fingerprint density at radius 1 is 1.20 bits per heavy atom. The predicted molar refractivity (Wildman–Crippen MR) is 105 cm³/mol. The topological polar surface area (TPSA) is 48.9 Å². The highest BCUT2D eigenvalue weighted by Crippen LogP contribution is 2.17. The number of guanidine groups is 1. The first-order chi connectivity index (χ1) is 12.2. The smallest absolute Gasteiger partial charge is 0.191 e. The second-order valence-corrected chi connectivity index (χ2v) is 6.90. The molecule has 1 saturated heterocycles. The van der Waals surface area contributed by atoms with Crippen LogP contribution in [0.5, 0.6) is 5.75 Å². The molecule has 1 heterocycles. The summed E-state index contributed by atoms with van der Waals surface area (Å²) in [6, 6.07) is 8.06. The standard InChI is InChI=1S/C20H34N4O/c1-17-10-14-24(15-11-17)13-7-6-12-22-20(21-2)23-16-18-8-4-5-9-19(18)25-3/h4-5,8-9,17H,6-7,10-16H2,1-3H3,(H2,21,22,23). The Morgan fingerprint density at radius 3 is 2.68 bits per heavy atom. The summed E-state index contributed by atoms with van der Waals surface area (Å²) in [5.41, 5.74) is 1.13. The lowest BCUT2D eigenvalue weighted by Gasteiger charge is -2.30. The normalized spacial score (nSPS) is 16.7. The van der Waals surface area contributed by atoms with Gasteiger partial charge in [0.05, 0.1) is 7.11 Å². The zero-order valence-corrected chi connectivity index (χ0v) is 16.1. The monoisotopic (exact) mass is 346 g/mol. The van der Waals surface area contributed by atoms with E-state index in [1.807, 2.05) is 25.2 Å². The van der Waals surface area contributed by atoms with Gasteiger partial charge in [-0.05, 0) is 57.3 Å². The van der Waals surface area contributed by atoms with E-state index in [0.717, 1.165) is 29.7 Å². The van der Waals surface area contributed by atoms with Crippen molar-refractivity contribution in [2.24, 2.45) is 10.9 Å². The van der Waals surface area contributed by atoms with Crippen LogP contribution in [0.15, 0.2) is 29.3 Å². The Kier molecular flexibility index (Phi) is 8.60. The third kappa shape index (κ3) is 6.94. The summed E-state index contributed by atoms with van der Waals surface area (Å²) < 4.78 is 5.38. The molecule has 0 aliphatic carbocycles. The molecule has 1 aromatic carbocycles. The van der Waals surface area contributed by atoms with Crippen molar-refractivity contribution in [3.63, 3.8) is 0 Å². The van der Waals surface area contributed by atoms with Gasteiger partial charge in [-0.2, -0.15) is 0 Å².